The third-order valence-electron chi connectivity index (χ3n) is 1.99. The predicted octanol–water partition coefficient (Wildman–Crippen LogP) is 2.79. The van der Waals surface area contributed by atoms with E-state index in [2.05, 4.69) is 12.1 Å². The Bertz CT molecular complexity index is 305. The van der Waals surface area contributed by atoms with E-state index in [9.17, 15) is 0 Å². The summed E-state index contributed by atoms with van der Waals surface area (Å²) >= 11 is 5.86. The molecule has 13 heavy (non-hydrogen) atoms. The van der Waals surface area contributed by atoms with Crippen LogP contribution in [0.2, 0.25) is 5.02 Å². The highest BCUT2D eigenvalue weighted by atomic mass is 35.5. The van der Waals surface area contributed by atoms with Gasteiger partial charge in [0.25, 0.3) is 0 Å². The molecule has 0 atom stereocenters. The maximum atomic E-state index is 5.86. The standard InChI is InChI=1S/C11H14ClN/c1-2-9(8-13)6-10-4-3-5-11(12)7-10/h2-5,7H,6,8,13H2,1H3/b9-2-. The van der Waals surface area contributed by atoms with Crippen LogP contribution in [0, 0.1) is 0 Å². The monoisotopic (exact) mass is 195 g/mol. The quantitative estimate of drug-likeness (QED) is 0.738. The van der Waals surface area contributed by atoms with Crippen molar-refractivity contribution in [3.05, 3.63) is 46.5 Å². The molecule has 0 aliphatic rings. The Balaban J connectivity index is 2.74. The van der Waals surface area contributed by atoms with E-state index in [1.807, 2.05) is 25.1 Å². The predicted molar refractivity (Wildman–Crippen MR) is 58.0 cm³/mol. The molecule has 70 valence electrons. The molecular formula is C11H14ClN. The molecule has 0 aliphatic carbocycles. The summed E-state index contributed by atoms with van der Waals surface area (Å²) in [7, 11) is 0. The molecular weight excluding hydrogens is 182 g/mol. The highest BCUT2D eigenvalue weighted by molar-refractivity contribution is 6.30. The lowest BCUT2D eigenvalue weighted by Gasteiger charge is -2.04. The number of hydrogen-bond acceptors (Lipinski definition) is 1. The van der Waals surface area contributed by atoms with Gasteiger partial charge in [-0.05, 0) is 31.0 Å². The number of allylic oxidation sites excluding steroid dienone is 1. The fourth-order valence-electron chi connectivity index (χ4n) is 1.20. The average Bonchev–Trinajstić information content (AvgIpc) is 2.14. The van der Waals surface area contributed by atoms with Gasteiger partial charge in [0.1, 0.15) is 0 Å². The highest BCUT2D eigenvalue weighted by Gasteiger charge is 1.97. The Morgan fingerprint density at radius 3 is 2.85 bits per heavy atom. The minimum absolute atomic E-state index is 0.614. The zero-order valence-corrected chi connectivity index (χ0v) is 8.51. The molecule has 0 radical (unpaired) electrons. The van der Waals surface area contributed by atoms with Crippen LogP contribution >= 0.6 is 11.6 Å². The van der Waals surface area contributed by atoms with Crippen LogP contribution in [0.5, 0.6) is 0 Å². The van der Waals surface area contributed by atoms with Crippen molar-refractivity contribution in [3.63, 3.8) is 0 Å². The van der Waals surface area contributed by atoms with Gasteiger partial charge in [-0.1, -0.05) is 35.4 Å². The van der Waals surface area contributed by atoms with Crippen molar-refractivity contribution in [1.29, 1.82) is 0 Å². The van der Waals surface area contributed by atoms with Crippen molar-refractivity contribution in [1.82, 2.24) is 0 Å². The molecule has 1 nitrogen and oxygen atoms in total. The first-order valence-electron chi connectivity index (χ1n) is 4.35. The Labute approximate surface area is 84.2 Å². The molecule has 0 aliphatic heterocycles. The molecule has 1 rings (SSSR count). The van der Waals surface area contributed by atoms with E-state index in [0.29, 0.717) is 6.54 Å². The van der Waals surface area contributed by atoms with Gasteiger partial charge in [-0.2, -0.15) is 0 Å². The van der Waals surface area contributed by atoms with E-state index in [1.54, 1.807) is 0 Å². The lowest BCUT2D eigenvalue weighted by molar-refractivity contribution is 1.03. The second-order valence-electron chi connectivity index (χ2n) is 2.96. The number of halogens is 1. The minimum Gasteiger partial charge on any atom is -0.327 e. The number of hydrogen-bond donors (Lipinski definition) is 1. The molecule has 0 amide bonds. The fraction of sp³-hybridized carbons (Fsp3) is 0.273. The third-order valence-corrected chi connectivity index (χ3v) is 2.23. The van der Waals surface area contributed by atoms with E-state index in [0.717, 1.165) is 11.4 Å². The summed E-state index contributed by atoms with van der Waals surface area (Å²) in [6.45, 7) is 2.62. The molecule has 0 bridgehead atoms. The molecule has 0 saturated carbocycles. The zero-order valence-electron chi connectivity index (χ0n) is 7.76. The van der Waals surface area contributed by atoms with Gasteiger partial charge < -0.3 is 5.73 Å². The van der Waals surface area contributed by atoms with E-state index in [1.165, 1.54) is 11.1 Å². The van der Waals surface area contributed by atoms with Crippen LogP contribution in [0.1, 0.15) is 12.5 Å². The van der Waals surface area contributed by atoms with Crippen LogP contribution in [0.3, 0.4) is 0 Å². The van der Waals surface area contributed by atoms with Crippen LogP contribution < -0.4 is 5.73 Å². The van der Waals surface area contributed by atoms with Gasteiger partial charge in [-0.25, -0.2) is 0 Å². The number of nitrogens with two attached hydrogens (primary N) is 1. The molecule has 0 unspecified atom stereocenters. The second kappa shape index (κ2) is 5.05. The first kappa shape index (κ1) is 10.3. The van der Waals surface area contributed by atoms with E-state index < -0.39 is 0 Å². The normalized spacial score (nSPS) is 11.8. The Morgan fingerprint density at radius 2 is 2.31 bits per heavy atom. The van der Waals surface area contributed by atoms with Crippen LogP contribution in [-0.4, -0.2) is 6.54 Å². The molecule has 0 heterocycles. The maximum Gasteiger partial charge on any atom is 0.0408 e. The van der Waals surface area contributed by atoms with Gasteiger partial charge in [0.15, 0.2) is 0 Å². The number of benzene rings is 1. The topological polar surface area (TPSA) is 26.0 Å². The molecule has 0 spiro atoms. The lowest BCUT2D eigenvalue weighted by atomic mass is 10.1. The van der Waals surface area contributed by atoms with Gasteiger partial charge in [-0.3, -0.25) is 0 Å². The van der Waals surface area contributed by atoms with E-state index in [-0.39, 0.29) is 0 Å². The summed E-state index contributed by atoms with van der Waals surface area (Å²) in [4.78, 5) is 0. The van der Waals surface area contributed by atoms with E-state index in [4.69, 9.17) is 17.3 Å². The van der Waals surface area contributed by atoms with Crippen molar-refractivity contribution < 1.29 is 0 Å². The molecule has 2 N–H and O–H groups in total. The maximum absolute atomic E-state index is 5.86. The summed E-state index contributed by atoms with van der Waals surface area (Å²) in [6.07, 6.45) is 2.95. The Morgan fingerprint density at radius 1 is 1.54 bits per heavy atom. The summed E-state index contributed by atoms with van der Waals surface area (Å²) in [6, 6.07) is 7.87. The van der Waals surface area contributed by atoms with Crippen molar-refractivity contribution in [3.8, 4) is 0 Å². The first-order valence-corrected chi connectivity index (χ1v) is 4.72. The first-order chi connectivity index (χ1) is 6.26. The summed E-state index contributed by atoms with van der Waals surface area (Å²) < 4.78 is 0. The van der Waals surface area contributed by atoms with Crippen molar-refractivity contribution in [2.75, 3.05) is 6.54 Å². The molecule has 0 saturated heterocycles. The summed E-state index contributed by atoms with van der Waals surface area (Å²) in [5.41, 5.74) is 8.02. The molecule has 2 heteroatoms. The largest absolute Gasteiger partial charge is 0.327 e. The fourth-order valence-corrected chi connectivity index (χ4v) is 1.41. The third kappa shape index (κ3) is 3.21. The van der Waals surface area contributed by atoms with Crippen molar-refractivity contribution >= 4 is 11.6 Å². The highest BCUT2D eigenvalue weighted by Crippen LogP contribution is 2.13. The van der Waals surface area contributed by atoms with Crippen LogP contribution in [0.4, 0.5) is 0 Å². The smallest absolute Gasteiger partial charge is 0.0408 e. The average molecular weight is 196 g/mol. The van der Waals surface area contributed by atoms with Gasteiger partial charge in [0.2, 0.25) is 0 Å². The van der Waals surface area contributed by atoms with E-state index >= 15 is 0 Å². The zero-order chi connectivity index (χ0) is 9.68. The summed E-state index contributed by atoms with van der Waals surface area (Å²) in [5, 5.41) is 0.782. The van der Waals surface area contributed by atoms with Crippen LogP contribution in [-0.2, 0) is 6.42 Å². The molecule has 1 aromatic carbocycles. The van der Waals surface area contributed by atoms with Gasteiger partial charge in [0.05, 0.1) is 0 Å². The van der Waals surface area contributed by atoms with Gasteiger partial charge in [0, 0.05) is 11.6 Å². The second-order valence-corrected chi connectivity index (χ2v) is 3.39. The van der Waals surface area contributed by atoms with Crippen molar-refractivity contribution in [2.45, 2.75) is 13.3 Å². The molecule has 0 aromatic heterocycles. The lowest BCUT2D eigenvalue weighted by Crippen LogP contribution is -2.05. The Kier molecular flexibility index (Phi) is 4.00. The van der Waals surface area contributed by atoms with Crippen LogP contribution in [0.15, 0.2) is 35.9 Å². The summed E-state index contributed by atoms with van der Waals surface area (Å²) in [5.74, 6) is 0. The van der Waals surface area contributed by atoms with Crippen LogP contribution in [0.25, 0.3) is 0 Å². The number of rotatable bonds is 3. The van der Waals surface area contributed by atoms with Gasteiger partial charge >= 0.3 is 0 Å². The van der Waals surface area contributed by atoms with Crippen molar-refractivity contribution in [2.24, 2.45) is 5.73 Å². The molecule has 1 aromatic rings. The SMILES string of the molecule is C/C=C(\CN)Cc1cccc(Cl)c1. The van der Waals surface area contributed by atoms with Gasteiger partial charge in [-0.15, -0.1) is 0 Å². The Hall–Kier alpha value is -0.790. The minimum atomic E-state index is 0.614. The molecule has 0 fully saturated rings.